The average molecular weight is 251 g/mol. The number of anilines is 1. The number of hydrogen-bond donors (Lipinski definition) is 1. The summed E-state index contributed by atoms with van der Waals surface area (Å²) in [6.45, 7) is 0. The van der Waals surface area contributed by atoms with Gasteiger partial charge in [-0.3, -0.25) is 4.79 Å². The van der Waals surface area contributed by atoms with E-state index in [1.165, 1.54) is 24.4 Å². The summed E-state index contributed by atoms with van der Waals surface area (Å²) >= 11 is 5.74. The van der Waals surface area contributed by atoms with Gasteiger partial charge >= 0.3 is 5.63 Å². The van der Waals surface area contributed by atoms with Gasteiger partial charge in [0.15, 0.2) is 0 Å². The van der Waals surface area contributed by atoms with Crippen LogP contribution in [0.1, 0.15) is 10.4 Å². The van der Waals surface area contributed by atoms with E-state index in [1.54, 1.807) is 6.07 Å². The minimum absolute atomic E-state index is 0.228. The van der Waals surface area contributed by atoms with E-state index in [0.717, 1.165) is 6.26 Å². The number of carbonyl (C=O) groups is 1. The van der Waals surface area contributed by atoms with Gasteiger partial charge in [-0.2, -0.15) is 0 Å². The van der Waals surface area contributed by atoms with Crippen LogP contribution in [0.15, 0.2) is 45.9 Å². The van der Waals surface area contributed by atoms with Crippen molar-refractivity contribution in [3.05, 3.63) is 57.7 Å². The van der Waals surface area contributed by atoms with Crippen LogP contribution >= 0.6 is 11.6 Å². The first-order chi connectivity index (χ1) is 8.15. The molecule has 5 nitrogen and oxygen atoms in total. The lowest BCUT2D eigenvalue weighted by Crippen LogP contribution is -2.13. The molecule has 6 heteroatoms. The van der Waals surface area contributed by atoms with Crippen LogP contribution in [-0.2, 0) is 0 Å². The second-order valence-corrected chi connectivity index (χ2v) is 3.59. The van der Waals surface area contributed by atoms with Crippen LogP contribution < -0.4 is 10.9 Å². The van der Waals surface area contributed by atoms with E-state index >= 15 is 0 Å². The molecule has 0 radical (unpaired) electrons. The third kappa shape index (κ3) is 2.92. The van der Waals surface area contributed by atoms with Gasteiger partial charge in [-0.15, -0.1) is 0 Å². The van der Waals surface area contributed by atoms with Crippen molar-refractivity contribution in [2.45, 2.75) is 0 Å². The zero-order valence-electron chi connectivity index (χ0n) is 8.51. The fourth-order valence-corrected chi connectivity index (χ4v) is 1.31. The van der Waals surface area contributed by atoms with Crippen molar-refractivity contribution in [1.82, 2.24) is 4.98 Å². The molecular weight excluding hydrogens is 244 g/mol. The number of halogens is 1. The molecule has 0 saturated carbocycles. The number of amides is 1. The van der Waals surface area contributed by atoms with Gasteiger partial charge in [0, 0.05) is 17.3 Å². The second kappa shape index (κ2) is 4.80. The molecule has 0 bridgehead atoms. The van der Waals surface area contributed by atoms with Crippen LogP contribution in [0.2, 0.25) is 5.02 Å². The Kier molecular flexibility index (Phi) is 3.20. The fraction of sp³-hybridized carbons (Fsp3) is 0. The molecule has 0 unspecified atom stereocenters. The van der Waals surface area contributed by atoms with E-state index in [4.69, 9.17) is 11.6 Å². The molecule has 2 heterocycles. The van der Waals surface area contributed by atoms with Crippen molar-refractivity contribution in [1.29, 1.82) is 0 Å². The van der Waals surface area contributed by atoms with Crippen LogP contribution in [0, 0.1) is 0 Å². The van der Waals surface area contributed by atoms with Crippen molar-refractivity contribution in [3.63, 3.8) is 0 Å². The highest BCUT2D eigenvalue weighted by molar-refractivity contribution is 6.30. The minimum Gasteiger partial charge on any atom is -0.430 e. The van der Waals surface area contributed by atoms with E-state index in [2.05, 4.69) is 14.7 Å². The molecule has 0 spiro atoms. The minimum atomic E-state index is -0.512. The first-order valence-corrected chi connectivity index (χ1v) is 5.05. The van der Waals surface area contributed by atoms with Gasteiger partial charge in [-0.25, -0.2) is 9.78 Å². The van der Waals surface area contributed by atoms with Crippen LogP contribution in [0.4, 0.5) is 5.82 Å². The third-order valence-corrected chi connectivity index (χ3v) is 2.16. The Hall–Kier alpha value is -2.14. The Morgan fingerprint density at radius 2 is 2.18 bits per heavy atom. The zero-order valence-corrected chi connectivity index (χ0v) is 9.27. The van der Waals surface area contributed by atoms with Crippen molar-refractivity contribution in [2.75, 3.05) is 5.32 Å². The number of carbonyl (C=O) groups excluding carboxylic acids is 1. The Balaban J connectivity index is 2.17. The molecule has 2 aromatic rings. The summed E-state index contributed by atoms with van der Waals surface area (Å²) in [5.74, 6) is -0.0998. The number of nitrogens with zero attached hydrogens (tertiary/aromatic N) is 1. The van der Waals surface area contributed by atoms with Crippen molar-refractivity contribution >= 4 is 23.3 Å². The summed E-state index contributed by atoms with van der Waals surface area (Å²) in [5.41, 5.74) is -0.284. The highest BCUT2D eigenvalue weighted by atomic mass is 35.5. The summed E-state index contributed by atoms with van der Waals surface area (Å²) < 4.78 is 4.58. The van der Waals surface area contributed by atoms with Gasteiger partial charge < -0.3 is 9.73 Å². The van der Waals surface area contributed by atoms with Crippen molar-refractivity contribution < 1.29 is 9.21 Å². The largest absolute Gasteiger partial charge is 0.430 e. The van der Waals surface area contributed by atoms with Crippen molar-refractivity contribution in [3.8, 4) is 0 Å². The summed E-state index contributed by atoms with van der Waals surface area (Å²) in [6, 6.07) is 5.64. The second-order valence-electron chi connectivity index (χ2n) is 3.16. The van der Waals surface area contributed by atoms with E-state index in [0.29, 0.717) is 10.8 Å². The maximum absolute atomic E-state index is 11.7. The topological polar surface area (TPSA) is 72.2 Å². The molecule has 0 aliphatic carbocycles. The Bertz CT molecular complexity index is 589. The SMILES string of the molecule is O=C(Nc1cc(Cl)ccn1)c1ccc(=O)oc1. The number of rotatable bonds is 2. The summed E-state index contributed by atoms with van der Waals surface area (Å²) in [6.07, 6.45) is 2.56. The number of nitrogens with one attached hydrogen (secondary N) is 1. The predicted molar refractivity (Wildman–Crippen MR) is 62.2 cm³/mol. The molecule has 1 amide bonds. The van der Waals surface area contributed by atoms with E-state index in [1.807, 2.05) is 0 Å². The summed E-state index contributed by atoms with van der Waals surface area (Å²) in [5, 5.41) is 2.99. The molecule has 2 rings (SSSR count). The third-order valence-electron chi connectivity index (χ3n) is 1.93. The Morgan fingerprint density at radius 1 is 1.35 bits per heavy atom. The van der Waals surface area contributed by atoms with Gasteiger partial charge in [0.05, 0.1) is 5.56 Å². The molecule has 0 aliphatic rings. The highest BCUT2D eigenvalue weighted by Gasteiger charge is 2.07. The standard InChI is InChI=1S/C11H7ClN2O3/c12-8-3-4-13-9(5-8)14-11(16)7-1-2-10(15)17-6-7/h1-6H,(H,13,14,16). The lowest BCUT2D eigenvalue weighted by atomic mass is 10.3. The van der Waals surface area contributed by atoms with Crippen LogP contribution in [0.3, 0.4) is 0 Å². The lowest BCUT2D eigenvalue weighted by molar-refractivity contribution is 0.102. The van der Waals surface area contributed by atoms with E-state index < -0.39 is 11.5 Å². The molecule has 0 atom stereocenters. The summed E-state index contributed by atoms with van der Waals surface area (Å²) in [7, 11) is 0. The number of hydrogen-bond acceptors (Lipinski definition) is 4. The predicted octanol–water partition coefficient (Wildman–Crippen LogP) is 1.94. The maximum atomic E-state index is 11.7. The Labute approximate surface area is 101 Å². The smallest absolute Gasteiger partial charge is 0.335 e. The van der Waals surface area contributed by atoms with E-state index in [9.17, 15) is 9.59 Å². The molecular formula is C11H7ClN2O3. The molecule has 17 heavy (non-hydrogen) atoms. The average Bonchev–Trinajstić information content (AvgIpc) is 2.29. The lowest BCUT2D eigenvalue weighted by Gasteiger charge is -2.03. The first-order valence-electron chi connectivity index (χ1n) is 4.67. The first kappa shape index (κ1) is 11.3. The molecule has 0 fully saturated rings. The molecule has 0 saturated heterocycles. The molecule has 0 aromatic carbocycles. The number of aromatic nitrogens is 1. The zero-order chi connectivity index (χ0) is 12.3. The van der Waals surface area contributed by atoms with Gasteiger partial charge in [0.25, 0.3) is 5.91 Å². The van der Waals surface area contributed by atoms with Gasteiger partial charge in [0.2, 0.25) is 0 Å². The van der Waals surface area contributed by atoms with Gasteiger partial charge in [-0.05, 0) is 18.2 Å². The monoisotopic (exact) mass is 250 g/mol. The molecule has 86 valence electrons. The quantitative estimate of drug-likeness (QED) is 0.884. The summed E-state index contributed by atoms with van der Waals surface area (Å²) in [4.78, 5) is 26.3. The van der Waals surface area contributed by atoms with Crippen molar-refractivity contribution in [2.24, 2.45) is 0 Å². The maximum Gasteiger partial charge on any atom is 0.335 e. The normalized spacial score (nSPS) is 9.94. The van der Waals surface area contributed by atoms with E-state index in [-0.39, 0.29) is 5.56 Å². The van der Waals surface area contributed by atoms with Crippen LogP contribution in [0.5, 0.6) is 0 Å². The number of pyridine rings is 1. The molecule has 1 N–H and O–H groups in total. The fourth-order valence-electron chi connectivity index (χ4n) is 1.15. The highest BCUT2D eigenvalue weighted by Crippen LogP contribution is 2.12. The molecule has 0 aliphatic heterocycles. The Morgan fingerprint density at radius 3 is 2.82 bits per heavy atom. The van der Waals surface area contributed by atoms with Gasteiger partial charge in [0.1, 0.15) is 12.1 Å². The molecule has 2 aromatic heterocycles. The van der Waals surface area contributed by atoms with Gasteiger partial charge in [-0.1, -0.05) is 11.6 Å². The van der Waals surface area contributed by atoms with Crippen LogP contribution in [0.25, 0.3) is 0 Å². The van der Waals surface area contributed by atoms with Crippen LogP contribution in [-0.4, -0.2) is 10.9 Å².